The van der Waals surface area contributed by atoms with E-state index < -0.39 is 11.6 Å². The minimum absolute atomic E-state index is 0.158. The van der Waals surface area contributed by atoms with E-state index in [0.29, 0.717) is 12.1 Å². The summed E-state index contributed by atoms with van der Waals surface area (Å²) < 4.78 is 27.3. The van der Waals surface area contributed by atoms with E-state index in [-0.39, 0.29) is 5.69 Å². The molecular formula is C17H14F2N2. The van der Waals surface area contributed by atoms with Crippen LogP contribution in [-0.2, 0) is 6.54 Å². The van der Waals surface area contributed by atoms with E-state index >= 15 is 0 Å². The molecule has 0 spiro atoms. The summed E-state index contributed by atoms with van der Waals surface area (Å²) in [7, 11) is 0. The first kappa shape index (κ1) is 13.5. The zero-order valence-electron chi connectivity index (χ0n) is 11.5. The monoisotopic (exact) mass is 284 g/mol. The van der Waals surface area contributed by atoms with Crippen LogP contribution in [0.15, 0.2) is 48.7 Å². The Hall–Kier alpha value is -2.49. The van der Waals surface area contributed by atoms with Gasteiger partial charge >= 0.3 is 0 Å². The summed E-state index contributed by atoms with van der Waals surface area (Å²) in [5.41, 5.74) is 2.25. The van der Waals surface area contributed by atoms with Crippen LogP contribution in [-0.4, -0.2) is 4.98 Å². The van der Waals surface area contributed by atoms with Gasteiger partial charge in [-0.05, 0) is 30.2 Å². The number of aromatic nitrogens is 1. The van der Waals surface area contributed by atoms with Gasteiger partial charge in [0.2, 0.25) is 0 Å². The Morgan fingerprint density at radius 2 is 1.86 bits per heavy atom. The quantitative estimate of drug-likeness (QED) is 0.769. The van der Waals surface area contributed by atoms with E-state index in [0.717, 1.165) is 16.5 Å². The normalized spacial score (nSPS) is 10.8. The average molecular weight is 284 g/mol. The largest absolute Gasteiger partial charge is 0.378 e. The smallest absolute Gasteiger partial charge is 0.146 e. The molecule has 0 radical (unpaired) electrons. The Labute approximate surface area is 121 Å². The Morgan fingerprint density at radius 3 is 2.71 bits per heavy atom. The van der Waals surface area contributed by atoms with Gasteiger partial charge in [0.25, 0.3) is 0 Å². The maximum atomic E-state index is 13.8. The average Bonchev–Trinajstić information content (AvgIpc) is 2.49. The number of benzene rings is 2. The second kappa shape index (κ2) is 5.48. The third-order valence-corrected chi connectivity index (χ3v) is 3.43. The zero-order valence-corrected chi connectivity index (χ0v) is 11.5. The molecule has 0 aliphatic heterocycles. The van der Waals surface area contributed by atoms with Gasteiger partial charge in [0.1, 0.15) is 11.6 Å². The lowest BCUT2D eigenvalue weighted by molar-refractivity contribution is 0.594. The number of pyridine rings is 1. The van der Waals surface area contributed by atoms with Crippen molar-refractivity contribution in [2.24, 2.45) is 0 Å². The first-order chi connectivity index (χ1) is 10.1. The summed E-state index contributed by atoms with van der Waals surface area (Å²) in [6, 6.07) is 12.0. The number of halogens is 2. The van der Waals surface area contributed by atoms with Gasteiger partial charge in [-0.15, -0.1) is 0 Å². The number of anilines is 1. The van der Waals surface area contributed by atoms with Gasteiger partial charge in [0.15, 0.2) is 0 Å². The Kier molecular flexibility index (Phi) is 3.52. The van der Waals surface area contributed by atoms with Crippen LogP contribution in [0, 0.1) is 18.6 Å². The van der Waals surface area contributed by atoms with E-state index in [1.807, 2.05) is 30.3 Å². The third-order valence-electron chi connectivity index (χ3n) is 3.43. The summed E-state index contributed by atoms with van der Waals surface area (Å²) in [5, 5.41) is 3.96. The van der Waals surface area contributed by atoms with Crippen molar-refractivity contribution in [2.45, 2.75) is 13.5 Å². The van der Waals surface area contributed by atoms with Crippen LogP contribution in [0.25, 0.3) is 10.9 Å². The van der Waals surface area contributed by atoms with Gasteiger partial charge in [-0.2, -0.15) is 0 Å². The number of fused-ring (bicyclic) bond motifs is 1. The van der Waals surface area contributed by atoms with Gasteiger partial charge in [-0.25, -0.2) is 8.78 Å². The van der Waals surface area contributed by atoms with Gasteiger partial charge in [0.05, 0.1) is 11.2 Å². The van der Waals surface area contributed by atoms with Crippen LogP contribution in [0.5, 0.6) is 0 Å². The summed E-state index contributed by atoms with van der Waals surface area (Å²) in [4.78, 5) is 4.34. The molecule has 1 N–H and O–H groups in total. The molecule has 106 valence electrons. The minimum atomic E-state index is -0.456. The van der Waals surface area contributed by atoms with Crippen molar-refractivity contribution in [3.8, 4) is 0 Å². The third kappa shape index (κ3) is 2.70. The van der Waals surface area contributed by atoms with Crippen molar-refractivity contribution in [3.05, 3.63) is 71.4 Å². The van der Waals surface area contributed by atoms with E-state index in [1.54, 1.807) is 6.20 Å². The van der Waals surface area contributed by atoms with Crippen molar-refractivity contribution >= 4 is 16.6 Å². The first-order valence-electron chi connectivity index (χ1n) is 6.67. The van der Waals surface area contributed by atoms with E-state index in [1.165, 1.54) is 19.1 Å². The lowest BCUT2D eigenvalue weighted by Crippen LogP contribution is -2.03. The Bertz CT molecular complexity index is 795. The first-order valence-corrected chi connectivity index (χ1v) is 6.67. The second-order valence-electron chi connectivity index (χ2n) is 4.93. The van der Waals surface area contributed by atoms with E-state index in [2.05, 4.69) is 10.3 Å². The van der Waals surface area contributed by atoms with E-state index in [4.69, 9.17) is 0 Å². The topological polar surface area (TPSA) is 24.9 Å². The molecule has 3 aromatic rings. The molecule has 2 aromatic carbocycles. The van der Waals surface area contributed by atoms with Crippen molar-refractivity contribution in [1.82, 2.24) is 4.98 Å². The SMILES string of the molecule is Cc1cc(F)c(NCc2cccc3cccnc23)cc1F. The molecule has 0 aliphatic carbocycles. The van der Waals surface area contributed by atoms with Gasteiger partial charge in [-0.3, -0.25) is 4.98 Å². The fraction of sp³-hybridized carbons (Fsp3) is 0.118. The molecule has 0 saturated heterocycles. The molecule has 1 aromatic heterocycles. The van der Waals surface area contributed by atoms with Gasteiger partial charge in [-0.1, -0.05) is 24.3 Å². The van der Waals surface area contributed by atoms with Gasteiger partial charge in [0, 0.05) is 24.2 Å². The molecule has 0 unspecified atom stereocenters. The maximum absolute atomic E-state index is 13.8. The summed E-state index contributed by atoms with van der Waals surface area (Å²) in [6.45, 7) is 1.92. The summed E-state index contributed by atoms with van der Waals surface area (Å²) in [6.07, 6.45) is 1.72. The second-order valence-corrected chi connectivity index (χ2v) is 4.93. The van der Waals surface area contributed by atoms with E-state index in [9.17, 15) is 8.78 Å². The molecule has 3 rings (SSSR count). The standard InChI is InChI=1S/C17H14F2N2/c1-11-8-15(19)16(9-14(11)18)21-10-13-5-2-4-12-6-3-7-20-17(12)13/h2-9,21H,10H2,1H3. The fourth-order valence-corrected chi connectivity index (χ4v) is 2.28. The number of nitrogens with zero attached hydrogens (tertiary/aromatic N) is 1. The number of hydrogen-bond acceptors (Lipinski definition) is 2. The molecule has 0 aliphatic rings. The molecule has 0 bridgehead atoms. The van der Waals surface area contributed by atoms with Crippen LogP contribution in [0.1, 0.15) is 11.1 Å². The molecule has 4 heteroatoms. The number of para-hydroxylation sites is 1. The summed E-state index contributed by atoms with van der Waals surface area (Å²) >= 11 is 0. The molecular weight excluding hydrogens is 270 g/mol. The van der Waals surface area contributed by atoms with Crippen LogP contribution < -0.4 is 5.32 Å². The molecule has 21 heavy (non-hydrogen) atoms. The number of aryl methyl sites for hydroxylation is 1. The van der Waals surface area contributed by atoms with Crippen molar-refractivity contribution in [2.75, 3.05) is 5.32 Å². The lowest BCUT2D eigenvalue weighted by Gasteiger charge is -2.10. The molecule has 0 amide bonds. The minimum Gasteiger partial charge on any atom is -0.378 e. The fourth-order valence-electron chi connectivity index (χ4n) is 2.28. The molecule has 0 fully saturated rings. The predicted molar refractivity (Wildman–Crippen MR) is 80.2 cm³/mol. The van der Waals surface area contributed by atoms with Crippen molar-refractivity contribution in [3.63, 3.8) is 0 Å². The Balaban J connectivity index is 1.89. The predicted octanol–water partition coefficient (Wildman–Crippen LogP) is 4.43. The highest BCUT2D eigenvalue weighted by molar-refractivity contribution is 5.81. The number of rotatable bonds is 3. The van der Waals surface area contributed by atoms with Crippen molar-refractivity contribution in [1.29, 1.82) is 0 Å². The molecule has 0 saturated carbocycles. The maximum Gasteiger partial charge on any atom is 0.146 e. The highest BCUT2D eigenvalue weighted by Crippen LogP contribution is 2.21. The zero-order chi connectivity index (χ0) is 14.8. The highest BCUT2D eigenvalue weighted by atomic mass is 19.1. The van der Waals surface area contributed by atoms with Crippen LogP contribution in [0.4, 0.5) is 14.5 Å². The number of hydrogen-bond donors (Lipinski definition) is 1. The van der Waals surface area contributed by atoms with Crippen LogP contribution in [0.2, 0.25) is 0 Å². The Morgan fingerprint density at radius 1 is 1.05 bits per heavy atom. The molecule has 0 atom stereocenters. The van der Waals surface area contributed by atoms with Gasteiger partial charge < -0.3 is 5.32 Å². The van der Waals surface area contributed by atoms with Crippen LogP contribution in [0.3, 0.4) is 0 Å². The highest BCUT2D eigenvalue weighted by Gasteiger charge is 2.08. The lowest BCUT2D eigenvalue weighted by atomic mass is 10.1. The van der Waals surface area contributed by atoms with Crippen molar-refractivity contribution < 1.29 is 8.78 Å². The number of nitrogens with one attached hydrogen (secondary N) is 1. The molecule has 1 heterocycles. The molecule has 2 nitrogen and oxygen atoms in total. The van der Waals surface area contributed by atoms with Crippen LogP contribution >= 0.6 is 0 Å². The summed E-state index contributed by atoms with van der Waals surface area (Å²) in [5.74, 6) is -0.878.